The zero-order chi connectivity index (χ0) is 55.2. The molecule has 0 saturated heterocycles. The van der Waals surface area contributed by atoms with Gasteiger partial charge in [-0.05, 0) is 92.7 Å². The molecule has 0 bridgehead atoms. The number of carbonyl (C=O) groups excluding carboxylic acids is 9. The molecule has 18 heteroatoms. The lowest BCUT2D eigenvalue weighted by Gasteiger charge is -2.23. The Bertz CT molecular complexity index is 2310. The molecule has 0 spiro atoms. The Morgan fingerprint density at radius 1 is 0.267 bits per heavy atom. The Labute approximate surface area is 438 Å². The first kappa shape index (κ1) is 60.4. The van der Waals surface area contributed by atoms with Crippen LogP contribution in [0.15, 0.2) is 18.2 Å². The van der Waals surface area contributed by atoms with Crippen LogP contribution in [-0.2, 0) is 62.4 Å². The molecule has 0 radical (unpaired) electrons. The van der Waals surface area contributed by atoms with Crippen LogP contribution in [0, 0.1) is 0 Å². The second-order valence-electron chi connectivity index (χ2n) is 18.1. The van der Waals surface area contributed by atoms with E-state index in [1.54, 1.807) is 62.3 Å². The lowest BCUT2D eigenvalue weighted by atomic mass is 9.92. The third kappa shape index (κ3) is 17.2. The highest BCUT2D eigenvalue weighted by Gasteiger charge is 2.36. The molecule has 0 aromatic heterocycles. The average Bonchev–Trinajstić information content (AvgIpc) is 3.39. The van der Waals surface area contributed by atoms with Crippen LogP contribution in [-0.4, -0.2) is 53.7 Å². The Morgan fingerprint density at radius 3 is 0.600 bits per heavy atom. The van der Waals surface area contributed by atoms with E-state index in [-0.39, 0.29) is 145 Å². The molecular weight excluding hydrogens is 973 g/mol. The summed E-state index contributed by atoms with van der Waals surface area (Å²) in [5.74, 6) is -9.82. The van der Waals surface area contributed by atoms with E-state index in [1.807, 2.05) is 0 Å². The second kappa shape index (κ2) is 30.3. The fraction of sp³-hybridized carbons (Fsp3) is 0.526. The zero-order valence-electron chi connectivity index (χ0n) is 44.9. The first-order valence-electron chi connectivity index (χ1n) is 26.4. The van der Waals surface area contributed by atoms with Crippen molar-refractivity contribution in [2.75, 3.05) is 0 Å². The molecular formula is C57H72O18. The van der Waals surface area contributed by atoms with E-state index in [1.165, 1.54) is 18.2 Å². The van der Waals surface area contributed by atoms with Gasteiger partial charge in [0.05, 0.1) is 0 Å². The Morgan fingerprint density at radius 2 is 0.427 bits per heavy atom. The van der Waals surface area contributed by atoms with E-state index in [4.69, 9.17) is 42.6 Å². The van der Waals surface area contributed by atoms with Crippen LogP contribution < -0.4 is 42.6 Å². The highest BCUT2D eigenvalue weighted by atomic mass is 16.6. The molecule has 0 unspecified atom stereocenters. The minimum Gasteiger partial charge on any atom is -0.422 e. The van der Waals surface area contributed by atoms with Crippen molar-refractivity contribution >= 4 is 53.7 Å². The van der Waals surface area contributed by atoms with E-state index in [0.29, 0.717) is 57.8 Å². The molecule has 0 amide bonds. The number of carbonyl (C=O) groups is 9. The van der Waals surface area contributed by atoms with E-state index in [0.717, 1.165) is 0 Å². The monoisotopic (exact) mass is 1040 g/mol. The van der Waals surface area contributed by atoms with Crippen LogP contribution in [0.4, 0.5) is 0 Å². The molecule has 3 aromatic carbocycles. The zero-order valence-corrected chi connectivity index (χ0v) is 44.9. The summed E-state index contributed by atoms with van der Waals surface area (Å²) in [6.45, 7) is 15.8. The van der Waals surface area contributed by atoms with Gasteiger partial charge in [0.25, 0.3) is 0 Å². The van der Waals surface area contributed by atoms with Crippen LogP contribution >= 0.6 is 0 Å². The van der Waals surface area contributed by atoms with Crippen LogP contribution in [0.5, 0.6) is 51.7 Å². The van der Waals surface area contributed by atoms with Crippen LogP contribution in [0.3, 0.4) is 0 Å². The van der Waals surface area contributed by atoms with Gasteiger partial charge in [-0.3, -0.25) is 43.2 Å². The molecule has 408 valence electrons. The van der Waals surface area contributed by atoms with Crippen LogP contribution in [0.1, 0.15) is 211 Å². The molecule has 1 aliphatic rings. The van der Waals surface area contributed by atoms with Gasteiger partial charge in [-0.25, -0.2) is 0 Å². The summed E-state index contributed by atoms with van der Waals surface area (Å²) >= 11 is 0. The first-order chi connectivity index (χ1) is 36.0. The van der Waals surface area contributed by atoms with Gasteiger partial charge in [-0.15, -0.1) is 0 Å². The van der Waals surface area contributed by atoms with E-state index < -0.39 is 71.0 Å². The van der Waals surface area contributed by atoms with Gasteiger partial charge < -0.3 is 42.6 Å². The first-order valence-corrected chi connectivity index (χ1v) is 26.4. The summed E-state index contributed by atoms with van der Waals surface area (Å²) in [4.78, 5) is 123. The summed E-state index contributed by atoms with van der Waals surface area (Å²) in [5, 5.41) is 0. The highest BCUT2D eigenvalue weighted by Crippen LogP contribution is 2.52. The smallest absolute Gasteiger partial charge is 0.311 e. The molecule has 0 heterocycles. The summed E-state index contributed by atoms with van der Waals surface area (Å²) in [6.07, 6.45) is 1.49. The maximum Gasteiger partial charge on any atom is 0.311 e. The van der Waals surface area contributed by atoms with Gasteiger partial charge in [0.2, 0.25) is 17.2 Å². The largest absolute Gasteiger partial charge is 0.422 e. The Kier molecular flexibility index (Phi) is 24.4. The predicted molar refractivity (Wildman–Crippen MR) is 273 cm³/mol. The molecule has 3 aromatic rings. The van der Waals surface area contributed by atoms with Gasteiger partial charge in [0, 0.05) is 93.7 Å². The minimum absolute atomic E-state index is 0.0612. The van der Waals surface area contributed by atoms with Gasteiger partial charge in [0.15, 0.2) is 34.5 Å². The molecule has 0 aliphatic heterocycles. The molecule has 18 nitrogen and oxygen atoms in total. The molecule has 0 N–H and O–H groups in total. The van der Waals surface area contributed by atoms with E-state index >= 15 is 0 Å². The minimum atomic E-state index is -0.760. The maximum atomic E-state index is 13.9. The van der Waals surface area contributed by atoms with Crippen molar-refractivity contribution in [1.82, 2.24) is 0 Å². The predicted octanol–water partition coefficient (Wildman–Crippen LogP) is 11.1. The fourth-order valence-corrected chi connectivity index (χ4v) is 7.93. The fourth-order valence-electron chi connectivity index (χ4n) is 7.93. The molecule has 75 heavy (non-hydrogen) atoms. The quantitative estimate of drug-likeness (QED) is 0.0398. The maximum absolute atomic E-state index is 13.9. The number of hydrogen-bond donors (Lipinski definition) is 0. The van der Waals surface area contributed by atoms with Gasteiger partial charge >= 0.3 is 53.7 Å². The standard InChI is InChI=1S/C57H72O18/c1-10-19-43(58)67-40-31-34-28-38-36(33-42(69-45(60)21-12-3)56(74-50(65)26-17-8)53(38)71-47(62)23-14-5)30-39-35(29-37(34)52(70-46(61)22-13-4)55(40)73-49(64)25-16-7)32-41(68-44(59)20-11-2)57(75-51(66)27-18-9)54(39)72-48(63)24-15-6/h31-33H,10-30H2,1-9H3. The normalized spacial score (nSPS) is 11.5. The van der Waals surface area contributed by atoms with Crippen molar-refractivity contribution in [2.24, 2.45) is 0 Å². The highest BCUT2D eigenvalue weighted by molar-refractivity contribution is 5.86. The number of ether oxygens (including phenoxy) is 9. The van der Waals surface area contributed by atoms with Crippen molar-refractivity contribution in [1.29, 1.82) is 0 Å². The Balaban J connectivity index is 2.46. The summed E-state index contributed by atoms with van der Waals surface area (Å²) in [6, 6.07) is 4.26. The van der Waals surface area contributed by atoms with Crippen molar-refractivity contribution in [3.8, 4) is 51.7 Å². The number of esters is 9. The number of benzene rings is 3. The van der Waals surface area contributed by atoms with Crippen molar-refractivity contribution in [2.45, 2.75) is 197 Å². The molecule has 0 fully saturated rings. The van der Waals surface area contributed by atoms with Gasteiger partial charge in [-0.1, -0.05) is 62.3 Å². The van der Waals surface area contributed by atoms with Gasteiger partial charge in [-0.2, -0.15) is 0 Å². The van der Waals surface area contributed by atoms with Crippen LogP contribution in [0.25, 0.3) is 0 Å². The molecule has 0 saturated carbocycles. The molecule has 0 atom stereocenters. The lowest BCUT2D eigenvalue weighted by molar-refractivity contribution is -0.138. The molecule has 4 rings (SSSR count). The summed E-state index contributed by atoms with van der Waals surface area (Å²) < 4.78 is 54.4. The molecule has 1 aliphatic carbocycles. The van der Waals surface area contributed by atoms with E-state index in [2.05, 4.69) is 0 Å². The average molecular weight is 1050 g/mol. The van der Waals surface area contributed by atoms with Crippen molar-refractivity contribution in [3.05, 3.63) is 51.6 Å². The third-order valence-electron chi connectivity index (χ3n) is 11.3. The number of hydrogen-bond acceptors (Lipinski definition) is 18. The van der Waals surface area contributed by atoms with Crippen molar-refractivity contribution < 1.29 is 85.8 Å². The SMILES string of the molecule is CCCC(=O)Oc1cc2c(c(OC(=O)CCC)c1OC(=O)CCC)Cc1cc(OC(=O)CCC)c(OC(=O)CCC)c(OC(=O)CCC)c1Cc1cc(OC(=O)CCC)c(OC(=O)CCC)c(OC(=O)CCC)c1C2. The Hall–Kier alpha value is -7.11. The number of fused-ring (bicyclic) bond motifs is 3. The summed E-state index contributed by atoms with van der Waals surface area (Å²) in [7, 11) is 0. The number of rotatable bonds is 27. The van der Waals surface area contributed by atoms with Crippen LogP contribution in [0.2, 0.25) is 0 Å². The third-order valence-corrected chi connectivity index (χ3v) is 11.3. The van der Waals surface area contributed by atoms with E-state index in [9.17, 15) is 43.2 Å². The van der Waals surface area contributed by atoms with Gasteiger partial charge in [0.1, 0.15) is 0 Å². The topological polar surface area (TPSA) is 237 Å². The lowest BCUT2D eigenvalue weighted by Crippen LogP contribution is -2.18. The summed E-state index contributed by atoms with van der Waals surface area (Å²) in [5.41, 5.74) is 1.05. The second-order valence-corrected chi connectivity index (χ2v) is 18.1. The van der Waals surface area contributed by atoms with Crippen molar-refractivity contribution in [3.63, 3.8) is 0 Å².